The molecule has 0 fully saturated rings. The zero-order chi connectivity index (χ0) is 12.5. The zero-order valence-electron chi connectivity index (χ0n) is 10.4. The molecule has 4 nitrogen and oxygen atoms in total. The molecule has 0 radical (unpaired) electrons. The Morgan fingerprint density at radius 1 is 1.29 bits per heavy atom. The van der Waals surface area contributed by atoms with Crippen molar-refractivity contribution < 1.29 is 4.79 Å². The van der Waals surface area contributed by atoms with Gasteiger partial charge in [-0.3, -0.25) is 4.79 Å². The number of para-hydroxylation sites is 1. The van der Waals surface area contributed by atoms with Crippen molar-refractivity contribution in [2.75, 3.05) is 32.0 Å². The first kappa shape index (κ1) is 13.7. The molecular weight excluding hydrogens is 214 g/mol. The minimum absolute atomic E-state index is 0.0517. The monoisotopic (exact) mass is 235 g/mol. The van der Waals surface area contributed by atoms with Gasteiger partial charge in [0.05, 0.1) is 0 Å². The maximum Gasteiger partial charge on any atom is 0.225 e. The van der Waals surface area contributed by atoms with Crippen LogP contribution in [-0.4, -0.2) is 37.5 Å². The number of rotatable bonds is 7. The third-order valence-electron chi connectivity index (χ3n) is 2.52. The van der Waals surface area contributed by atoms with Gasteiger partial charge in [0.2, 0.25) is 5.91 Å². The molecule has 0 spiro atoms. The molecule has 0 saturated heterocycles. The van der Waals surface area contributed by atoms with Gasteiger partial charge < -0.3 is 16.0 Å². The maximum absolute atomic E-state index is 11.6. The summed E-state index contributed by atoms with van der Waals surface area (Å²) < 4.78 is 0. The maximum atomic E-state index is 11.6. The number of carbonyl (C=O) groups excluding carboxylic acids is 1. The van der Waals surface area contributed by atoms with Gasteiger partial charge in [-0.2, -0.15) is 0 Å². The summed E-state index contributed by atoms with van der Waals surface area (Å²) in [5, 5.41) is 2.86. The Hall–Kier alpha value is -1.39. The van der Waals surface area contributed by atoms with E-state index in [2.05, 4.69) is 10.2 Å². The zero-order valence-corrected chi connectivity index (χ0v) is 10.4. The Morgan fingerprint density at radius 2 is 2.00 bits per heavy atom. The van der Waals surface area contributed by atoms with Crippen molar-refractivity contribution in [1.82, 2.24) is 4.90 Å². The van der Waals surface area contributed by atoms with Crippen molar-refractivity contribution in [2.24, 2.45) is 5.73 Å². The average molecular weight is 235 g/mol. The van der Waals surface area contributed by atoms with Crippen molar-refractivity contribution in [1.29, 1.82) is 0 Å². The van der Waals surface area contributed by atoms with E-state index in [1.807, 2.05) is 37.4 Å². The van der Waals surface area contributed by atoms with E-state index in [-0.39, 0.29) is 5.91 Å². The van der Waals surface area contributed by atoms with Gasteiger partial charge in [0.1, 0.15) is 0 Å². The van der Waals surface area contributed by atoms with Crippen LogP contribution in [0, 0.1) is 0 Å². The fourth-order valence-electron chi connectivity index (χ4n) is 1.51. The van der Waals surface area contributed by atoms with E-state index in [9.17, 15) is 4.79 Å². The smallest absolute Gasteiger partial charge is 0.225 e. The molecular formula is C13H21N3O. The topological polar surface area (TPSA) is 58.4 Å². The van der Waals surface area contributed by atoms with E-state index in [0.717, 1.165) is 25.2 Å². The van der Waals surface area contributed by atoms with Crippen LogP contribution in [0.25, 0.3) is 0 Å². The second-order valence-electron chi connectivity index (χ2n) is 4.11. The number of nitrogens with two attached hydrogens (primary N) is 1. The first-order chi connectivity index (χ1) is 8.22. The molecule has 0 bridgehead atoms. The van der Waals surface area contributed by atoms with E-state index in [1.54, 1.807) is 0 Å². The Balaban J connectivity index is 2.21. The lowest BCUT2D eigenvalue weighted by atomic mass is 10.3. The largest absolute Gasteiger partial charge is 0.330 e. The summed E-state index contributed by atoms with van der Waals surface area (Å²) in [5.41, 5.74) is 6.28. The highest BCUT2D eigenvalue weighted by molar-refractivity contribution is 5.90. The van der Waals surface area contributed by atoms with E-state index >= 15 is 0 Å². The normalized spacial score (nSPS) is 10.5. The van der Waals surface area contributed by atoms with E-state index in [1.165, 1.54) is 0 Å². The molecule has 0 aliphatic heterocycles. The van der Waals surface area contributed by atoms with Crippen LogP contribution in [0.1, 0.15) is 12.8 Å². The predicted octanol–water partition coefficient (Wildman–Crippen LogP) is 1.30. The van der Waals surface area contributed by atoms with Crippen molar-refractivity contribution in [3.05, 3.63) is 30.3 Å². The molecule has 1 rings (SSSR count). The summed E-state index contributed by atoms with van der Waals surface area (Å²) in [5.74, 6) is 0.0517. The summed E-state index contributed by atoms with van der Waals surface area (Å²) in [4.78, 5) is 13.8. The Kier molecular flexibility index (Phi) is 6.29. The lowest BCUT2D eigenvalue weighted by Crippen LogP contribution is -2.26. The Bertz CT molecular complexity index is 327. The van der Waals surface area contributed by atoms with Gasteiger partial charge in [-0.1, -0.05) is 18.2 Å². The standard InChI is InChI=1S/C13H21N3O/c1-16(10-5-9-14)11-8-13(17)15-12-6-3-2-4-7-12/h2-4,6-7H,5,8-11,14H2,1H3,(H,15,17). The number of amides is 1. The molecule has 0 aliphatic carbocycles. The van der Waals surface area contributed by atoms with Gasteiger partial charge in [-0.05, 0) is 38.7 Å². The molecule has 1 aromatic carbocycles. The van der Waals surface area contributed by atoms with Crippen LogP contribution in [0.2, 0.25) is 0 Å². The molecule has 0 saturated carbocycles. The molecule has 0 aromatic heterocycles. The van der Waals surface area contributed by atoms with E-state index in [4.69, 9.17) is 5.73 Å². The Labute approximate surface area is 103 Å². The number of hydrogen-bond donors (Lipinski definition) is 2. The first-order valence-electron chi connectivity index (χ1n) is 5.96. The van der Waals surface area contributed by atoms with Crippen molar-refractivity contribution in [3.8, 4) is 0 Å². The van der Waals surface area contributed by atoms with Crippen LogP contribution in [0.15, 0.2) is 30.3 Å². The second kappa shape index (κ2) is 7.81. The molecule has 1 aromatic rings. The van der Waals surface area contributed by atoms with Gasteiger partial charge >= 0.3 is 0 Å². The minimum Gasteiger partial charge on any atom is -0.330 e. The van der Waals surface area contributed by atoms with Gasteiger partial charge in [0.25, 0.3) is 0 Å². The minimum atomic E-state index is 0.0517. The van der Waals surface area contributed by atoms with Crippen LogP contribution in [-0.2, 0) is 4.79 Å². The van der Waals surface area contributed by atoms with Crippen LogP contribution in [0.4, 0.5) is 5.69 Å². The van der Waals surface area contributed by atoms with E-state index < -0.39 is 0 Å². The summed E-state index contributed by atoms with van der Waals surface area (Å²) in [6.45, 7) is 2.40. The summed E-state index contributed by atoms with van der Waals surface area (Å²) in [6, 6.07) is 9.51. The summed E-state index contributed by atoms with van der Waals surface area (Å²) in [6.07, 6.45) is 1.48. The summed E-state index contributed by atoms with van der Waals surface area (Å²) in [7, 11) is 2.01. The quantitative estimate of drug-likeness (QED) is 0.749. The first-order valence-corrected chi connectivity index (χ1v) is 5.96. The van der Waals surface area contributed by atoms with Crippen LogP contribution in [0.3, 0.4) is 0 Å². The van der Waals surface area contributed by atoms with Crippen LogP contribution < -0.4 is 11.1 Å². The number of carbonyl (C=O) groups is 1. The number of nitrogens with one attached hydrogen (secondary N) is 1. The van der Waals surface area contributed by atoms with Crippen molar-refractivity contribution >= 4 is 11.6 Å². The molecule has 1 amide bonds. The lowest BCUT2D eigenvalue weighted by Gasteiger charge is -2.15. The average Bonchev–Trinajstić information content (AvgIpc) is 2.35. The van der Waals surface area contributed by atoms with E-state index in [0.29, 0.717) is 13.0 Å². The Morgan fingerprint density at radius 3 is 2.65 bits per heavy atom. The third kappa shape index (κ3) is 6.04. The highest BCUT2D eigenvalue weighted by atomic mass is 16.1. The molecule has 0 atom stereocenters. The highest BCUT2D eigenvalue weighted by Crippen LogP contribution is 2.05. The number of anilines is 1. The number of hydrogen-bond acceptors (Lipinski definition) is 3. The number of nitrogens with zero attached hydrogens (tertiary/aromatic N) is 1. The molecule has 94 valence electrons. The van der Waals surface area contributed by atoms with Crippen LogP contribution in [0.5, 0.6) is 0 Å². The molecule has 0 unspecified atom stereocenters. The van der Waals surface area contributed by atoms with Crippen molar-refractivity contribution in [3.63, 3.8) is 0 Å². The predicted molar refractivity (Wildman–Crippen MR) is 70.9 cm³/mol. The molecule has 3 N–H and O–H groups in total. The lowest BCUT2D eigenvalue weighted by molar-refractivity contribution is -0.116. The fourth-order valence-corrected chi connectivity index (χ4v) is 1.51. The highest BCUT2D eigenvalue weighted by Gasteiger charge is 2.04. The second-order valence-corrected chi connectivity index (χ2v) is 4.11. The fraction of sp³-hybridized carbons (Fsp3) is 0.462. The van der Waals surface area contributed by atoms with Gasteiger partial charge in [-0.25, -0.2) is 0 Å². The number of benzene rings is 1. The molecule has 0 aliphatic rings. The third-order valence-corrected chi connectivity index (χ3v) is 2.52. The van der Waals surface area contributed by atoms with Crippen molar-refractivity contribution in [2.45, 2.75) is 12.8 Å². The van der Waals surface area contributed by atoms with Gasteiger partial charge in [0, 0.05) is 18.7 Å². The van der Waals surface area contributed by atoms with Gasteiger partial charge in [-0.15, -0.1) is 0 Å². The SMILES string of the molecule is CN(CCCN)CCC(=O)Nc1ccccc1. The molecule has 4 heteroatoms. The molecule has 0 heterocycles. The molecule has 17 heavy (non-hydrogen) atoms. The van der Waals surface area contributed by atoms with Crippen LogP contribution >= 0.6 is 0 Å². The van der Waals surface area contributed by atoms with Gasteiger partial charge in [0.15, 0.2) is 0 Å². The summed E-state index contributed by atoms with van der Waals surface area (Å²) >= 11 is 0.